The molecule has 0 spiro atoms. The molecule has 0 N–H and O–H groups in total. The third kappa shape index (κ3) is 4.61. The number of benzene rings is 1. The van der Waals surface area contributed by atoms with Crippen molar-refractivity contribution in [3.05, 3.63) is 36.0 Å². The lowest BCUT2D eigenvalue weighted by atomic mass is 10.3. The summed E-state index contributed by atoms with van der Waals surface area (Å²) in [6.07, 6.45) is 3.44. The molecule has 1 aromatic carbocycles. The summed E-state index contributed by atoms with van der Waals surface area (Å²) in [6.45, 7) is 2.28. The van der Waals surface area contributed by atoms with Gasteiger partial charge in [-0.05, 0) is 55.3 Å². The molecule has 0 aliphatic carbocycles. The molecule has 0 amide bonds. The van der Waals surface area contributed by atoms with Crippen molar-refractivity contribution in [2.75, 3.05) is 12.9 Å². The quantitative estimate of drug-likeness (QED) is 0.303. The summed E-state index contributed by atoms with van der Waals surface area (Å²) < 4.78 is 39.8. The highest BCUT2D eigenvalue weighted by atomic mass is 32.2. The van der Waals surface area contributed by atoms with E-state index in [0.29, 0.717) is 29.3 Å². The van der Waals surface area contributed by atoms with E-state index in [0.717, 1.165) is 10.4 Å². The van der Waals surface area contributed by atoms with Gasteiger partial charge < -0.3 is 9.40 Å². The summed E-state index contributed by atoms with van der Waals surface area (Å²) in [5.41, 5.74) is -1.90. The minimum Gasteiger partial charge on any atom is -0.396 e. The van der Waals surface area contributed by atoms with E-state index in [1.54, 1.807) is 6.07 Å². The van der Waals surface area contributed by atoms with Gasteiger partial charge in [0, 0.05) is 16.8 Å². The number of alkyl halides is 3. The number of rotatable bonds is 6. The van der Waals surface area contributed by atoms with E-state index in [1.807, 2.05) is 36.9 Å². The SMILES string of the molecule is CCO/N=C/c1ccc(SC)c(-c2nc3cc(SC(F)(F)F)ccc3n2C)n1. The molecule has 3 rings (SSSR count). The van der Waals surface area contributed by atoms with Crippen LogP contribution in [0.5, 0.6) is 0 Å². The van der Waals surface area contributed by atoms with Gasteiger partial charge in [-0.1, -0.05) is 5.16 Å². The fourth-order valence-electron chi connectivity index (χ4n) is 2.61. The lowest BCUT2D eigenvalue weighted by Crippen LogP contribution is -1.99. The summed E-state index contributed by atoms with van der Waals surface area (Å²) in [5.74, 6) is 0.570. The molecule has 148 valence electrons. The van der Waals surface area contributed by atoms with Gasteiger partial charge in [-0.3, -0.25) is 0 Å². The monoisotopic (exact) mass is 426 g/mol. The molecular formula is C18H17F3N4OS2. The third-order valence-electron chi connectivity index (χ3n) is 3.79. The van der Waals surface area contributed by atoms with Crippen LogP contribution in [-0.2, 0) is 11.9 Å². The Hall–Kier alpha value is -2.20. The summed E-state index contributed by atoms with van der Waals surface area (Å²) in [5, 5.41) is 3.83. The zero-order valence-electron chi connectivity index (χ0n) is 15.3. The number of thioether (sulfide) groups is 2. The number of pyridine rings is 1. The molecule has 0 aliphatic heterocycles. The maximum Gasteiger partial charge on any atom is 0.446 e. The molecule has 28 heavy (non-hydrogen) atoms. The van der Waals surface area contributed by atoms with Crippen molar-refractivity contribution in [3.63, 3.8) is 0 Å². The van der Waals surface area contributed by atoms with Crippen LogP contribution in [0.2, 0.25) is 0 Å². The highest BCUT2D eigenvalue weighted by Crippen LogP contribution is 2.38. The van der Waals surface area contributed by atoms with Crippen molar-refractivity contribution in [2.45, 2.75) is 22.2 Å². The minimum absolute atomic E-state index is 0.0975. The maximum atomic E-state index is 12.7. The fourth-order valence-corrected chi connectivity index (χ4v) is 3.72. The van der Waals surface area contributed by atoms with Crippen LogP contribution in [0.3, 0.4) is 0 Å². The van der Waals surface area contributed by atoms with Crippen LogP contribution in [-0.4, -0.2) is 39.1 Å². The molecule has 3 aromatic rings. The molecule has 2 heterocycles. The number of halogens is 3. The van der Waals surface area contributed by atoms with Crippen LogP contribution in [0.4, 0.5) is 13.2 Å². The molecule has 0 saturated heterocycles. The number of oxime groups is 1. The molecule has 2 aromatic heterocycles. The van der Waals surface area contributed by atoms with Gasteiger partial charge in [-0.2, -0.15) is 13.2 Å². The van der Waals surface area contributed by atoms with Crippen molar-refractivity contribution in [1.82, 2.24) is 14.5 Å². The van der Waals surface area contributed by atoms with Crippen molar-refractivity contribution in [1.29, 1.82) is 0 Å². The number of imidazole rings is 1. The van der Waals surface area contributed by atoms with Gasteiger partial charge in [-0.25, -0.2) is 9.97 Å². The number of fused-ring (bicyclic) bond motifs is 1. The molecule has 0 saturated carbocycles. The van der Waals surface area contributed by atoms with E-state index in [-0.39, 0.29) is 16.7 Å². The molecule has 0 unspecified atom stereocenters. The Morgan fingerprint density at radius 1 is 1.21 bits per heavy atom. The van der Waals surface area contributed by atoms with Crippen LogP contribution in [0, 0.1) is 0 Å². The normalized spacial score (nSPS) is 12.2. The largest absolute Gasteiger partial charge is 0.446 e. The lowest BCUT2D eigenvalue weighted by molar-refractivity contribution is -0.0328. The number of nitrogens with zero attached hydrogens (tertiary/aromatic N) is 4. The van der Waals surface area contributed by atoms with Gasteiger partial charge in [0.15, 0.2) is 5.82 Å². The first-order valence-electron chi connectivity index (χ1n) is 8.25. The van der Waals surface area contributed by atoms with E-state index in [9.17, 15) is 13.2 Å². The first-order chi connectivity index (χ1) is 13.3. The number of hydrogen-bond donors (Lipinski definition) is 0. The Morgan fingerprint density at radius 2 is 2.00 bits per heavy atom. The molecule has 0 radical (unpaired) electrons. The Bertz CT molecular complexity index is 1020. The van der Waals surface area contributed by atoms with E-state index >= 15 is 0 Å². The van der Waals surface area contributed by atoms with Crippen LogP contribution in [0.1, 0.15) is 12.6 Å². The minimum atomic E-state index is -4.34. The molecule has 0 fully saturated rings. The zero-order chi connectivity index (χ0) is 20.3. The summed E-state index contributed by atoms with van der Waals surface area (Å²) in [6, 6.07) is 8.25. The summed E-state index contributed by atoms with van der Waals surface area (Å²) in [7, 11) is 1.81. The predicted molar refractivity (Wildman–Crippen MR) is 107 cm³/mol. The highest BCUT2D eigenvalue weighted by molar-refractivity contribution is 8.00. The van der Waals surface area contributed by atoms with Crippen LogP contribution < -0.4 is 0 Å². The summed E-state index contributed by atoms with van der Waals surface area (Å²) >= 11 is 1.36. The van der Waals surface area contributed by atoms with Crippen molar-refractivity contribution < 1.29 is 18.0 Å². The van der Waals surface area contributed by atoms with Crippen LogP contribution >= 0.6 is 23.5 Å². The van der Waals surface area contributed by atoms with Gasteiger partial charge in [0.05, 0.1) is 22.9 Å². The van der Waals surface area contributed by atoms with Crippen molar-refractivity contribution in [3.8, 4) is 11.5 Å². The van der Waals surface area contributed by atoms with E-state index in [4.69, 9.17) is 4.84 Å². The van der Waals surface area contributed by atoms with Gasteiger partial charge in [0.1, 0.15) is 12.3 Å². The topological polar surface area (TPSA) is 52.3 Å². The number of aromatic nitrogens is 3. The number of hydrogen-bond acceptors (Lipinski definition) is 6. The molecule has 0 atom stereocenters. The molecule has 0 aliphatic rings. The van der Waals surface area contributed by atoms with E-state index in [1.165, 1.54) is 30.1 Å². The Labute approximate surface area is 168 Å². The Kier molecular flexibility index (Phi) is 6.19. The van der Waals surface area contributed by atoms with Crippen molar-refractivity contribution >= 4 is 40.8 Å². The highest BCUT2D eigenvalue weighted by Gasteiger charge is 2.29. The van der Waals surface area contributed by atoms with Crippen LogP contribution in [0.25, 0.3) is 22.6 Å². The Morgan fingerprint density at radius 3 is 2.68 bits per heavy atom. The van der Waals surface area contributed by atoms with Crippen molar-refractivity contribution in [2.24, 2.45) is 12.2 Å². The second kappa shape index (κ2) is 8.44. The molecule has 0 bridgehead atoms. The second-order valence-electron chi connectivity index (χ2n) is 5.63. The van der Waals surface area contributed by atoms with Gasteiger partial charge in [0.25, 0.3) is 0 Å². The first kappa shape index (κ1) is 20.5. The number of aryl methyl sites for hydroxylation is 1. The zero-order valence-corrected chi connectivity index (χ0v) is 17.0. The van der Waals surface area contributed by atoms with E-state index < -0.39 is 5.51 Å². The predicted octanol–water partition coefficient (Wildman–Crippen LogP) is 5.34. The van der Waals surface area contributed by atoms with Gasteiger partial charge in [-0.15, -0.1) is 11.8 Å². The van der Waals surface area contributed by atoms with E-state index in [2.05, 4.69) is 15.1 Å². The maximum absolute atomic E-state index is 12.7. The van der Waals surface area contributed by atoms with Gasteiger partial charge >= 0.3 is 5.51 Å². The first-order valence-corrected chi connectivity index (χ1v) is 10.3. The fraction of sp³-hybridized carbons (Fsp3) is 0.278. The van der Waals surface area contributed by atoms with Gasteiger partial charge in [0.2, 0.25) is 0 Å². The second-order valence-corrected chi connectivity index (χ2v) is 7.62. The summed E-state index contributed by atoms with van der Waals surface area (Å²) in [4.78, 5) is 15.1. The smallest absolute Gasteiger partial charge is 0.396 e. The molecule has 5 nitrogen and oxygen atoms in total. The Balaban J connectivity index is 2.07. The molecular weight excluding hydrogens is 409 g/mol. The molecule has 10 heteroatoms. The third-order valence-corrected chi connectivity index (χ3v) is 5.28. The average molecular weight is 426 g/mol. The lowest BCUT2D eigenvalue weighted by Gasteiger charge is -2.08. The average Bonchev–Trinajstić information content (AvgIpc) is 2.96. The van der Waals surface area contributed by atoms with Crippen LogP contribution in [0.15, 0.2) is 45.3 Å². The standard InChI is InChI=1S/C18H17F3N4OS2/c1-4-26-22-10-11-5-8-15(27-3)16(23-11)17-24-13-9-12(28-18(19,20)21)6-7-14(13)25(17)2/h5-10H,4H2,1-3H3/b22-10+.